The summed E-state index contributed by atoms with van der Waals surface area (Å²) < 4.78 is 23.9. The van der Waals surface area contributed by atoms with E-state index in [2.05, 4.69) is 19.9 Å². The molecule has 1 fully saturated rings. The average Bonchev–Trinajstić information content (AvgIpc) is 3.39. The zero-order valence-electron chi connectivity index (χ0n) is 15.6. The molecule has 0 saturated heterocycles. The van der Waals surface area contributed by atoms with E-state index in [9.17, 15) is 4.55 Å². The van der Waals surface area contributed by atoms with Crippen LogP contribution in [0.2, 0.25) is 0 Å². The van der Waals surface area contributed by atoms with Gasteiger partial charge in [0, 0.05) is 28.5 Å². The van der Waals surface area contributed by atoms with Crippen molar-refractivity contribution >= 4 is 51.9 Å². The predicted octanol–water partition coefficient (Wildman–Crippen LogP) is 2.43. The van der Waals surface area contributed by atoms with E-state index in [4.69, 9.17) is 9.47 Å². The summed E-state index contributed by atoms with van der Waals surface area (Å²) >= 11 is -1.37. The zero-order valence-corrected chi connectivity index (χ0v) is 16.4. The number of ether oxygens (including phenoxy) is 2. The number of H-pyrrole nitrogens is 1. The Kier molecular flexibility index (Phi) is 6.88. The Hall–Kier alpha value is -1.32. The summed E-state index contributed by atoms with van der Waals surface area (Å²) in [4.78, 5) is 16.4. The van der Waals surface area contributed by atoms with E-state index in [-0.39, 0.29) is 35.3 Å². The minimum absolute atomic E-state index is 0. The molecule has 3 aromatic heterocycles. The van der Waals surface area contributed by atoms with Gasteiger partial charge >= 0.3 is 34.7 Å². The first kappa shape index (κ1) is 21.4. The summed E-state index contributed by atoms with van der Waals surface area (Å²) in [7, 11) is 1.61. The van der Waals surface area contributed by atoms with Gasteiger partial charge in [0.15, 0.2) is 11.4 Å². The number of aromatic amines is 1. The van der Waals surface area contributed by atoms with Gasteiger partial charge < -0.3 is 14.0 Å². The van der Waals surface area contributed by atoms with Gasteiger partial charge in [-0.2, -0.15) is 9.97 Å². The van der Waals surface area contributed by atoms with Gasteiger partial charge in [0.1, 0.15) is 11.3 Å². The van der Waals surface area contributed by atoms with Crippen molar-refractivity contribution in [1.82, 2.24) is 19.9 Å². The van der Waals surface area contributed by atoms with Gasteiger partial charge in [-0.25, -0.2) is 0 Å². The van der Waals surface area contributed by atoms with Gasteiger partial charge in [-0.05, 0) is 44.7 Å². The molecule has 0 radical (unpaired) electrons. The van der Waals surface area contributed by atoms with Crippen LogP contribution in [0, 0.1) is 19.8 Å². The number of nitrogens with one attached hydrogen (secondary N) is 1. The van der Waals surface area contributed by atoms with Crippen molar-refractivity contribution in [3.8, 4) is 11.6 Å². The minimum atomic E-state index is -1.37. The first-order valence-corrected chi connectivity index (χ1v) is 10.2. The first-order chi connectivity index (χ1) is 13.0. The summed E-state index contributed by atoms with van der Waals surface area (Å²) in [5.74, 6) is 2.26. The number of aryl methyl sites for hydroxylation is 1. The van der Waals surface area contributed by atoms with Gasteiger partial charge in [-0.15, -0.1) is 0 Å². The van der Waals surface area contributed by atoms with Gasteiger partial charge in [-0.3, -0.25) is 9.97 Å². The summed E-state index contributed by atoms with van der Waals surface area (Å²) in [5.41, 5.74) is 3.81. The maximum absolute atomic E-state index is 12.8. The van der Waals surface area contributed by atoms with Crippen LogP contribution in [0.5, 0.6) is 11.6 Å². The number of rotatable bonds is 7. The molecular weight excluding hydrogens is 387 g/mol. The van der Waals surface area contributed by atoms with Crippen LogP contribution in [0.1, 0.15) is 29.7 Å². The van der Waals surface area contributed by atoms with E-state index in [1.165, 1.54) is 12.8 Å². The molecule has 0 bridgehead atoms. The number of hydrogen-bond acceptors (Lipinski definition) is 6. The van der Waals surface area contributed by atoms with Crippen molar-refractivity contribution in [2.75, 3.05) is 13.7 Å². The third-order valence-corrected chi connectivity index (χ3v) is 5.87. The summed E-state index contributed by atoms with van der Waals surface area (Å²) in [6.45, 7) is 4.56. The molecule has 1 saturated carbocycles. The molecule has 1 atom stereocenters. The summed E-state index contributed by atoms with van der Waals surface area (Å²) in [6, 6.07) is 3.70. The maximum atomic E-state index is 12.8. The van der Waals surface area contributed by atoms with Crippen LogP contribution in [-0.2, 0) is 16.9 Å². The molecule has 3 heterocycles. The first-order valence-electron chi connectivity index (χ1n) is 8.92. The van der Waals surface area contributed by atoms with E-state index in [1.54, 1.807) is 19.4 Å². The molecule has 0 amide bonds. The van der Waals surface area contributed by atoms with Crippen molar-refractivity contribution in [3.63, 3.8) is 0 Å². The number of methoxy groups -OCH3 is 1. The number of aromatic nitrogens is 4. The van der Waals surface area contributed by atoms with Gasteiger partial charge in [0.25, 0.3) is 0 Å². The Balaban J connectivity index is 0.00000225. The molecule has 9 heteroatoms. The molecule has 0 aliphatic heterocycles. The molecule has 1 N–H and O–H groups in total. The van der Waals surface area contributed by atoms with E-state index >= 15 is 0 Å². The monoisotopic (exact) mass is 410 g/mol. The van der Waals surface area contributed by atoms with Crippen LogP contribution in [0.4, 0.5) is 0 Å². The fraction of sp³-hybridized carbons (Fsp3) is 0.421. The standard InChI is InChI=1S/C19H22N4O3S.Na.H/c1-11-8-14-17(22-18(11)26-9-13-4-5-13)23-19(21-14)27(24)10-15-12(2)16(25-3)6-7-20-15;;/h6-8,13H,4-5,9-10H2,1-3H3,(H,21,22,23);;. The number of fused-ring (bicyclic) bond motifs is 1. The van der Waals surface area contributed by atoms with Crippen LogP contribution >= 0.6 is 0 Å². The SMILES string of the molecule is COc1ccnc(C[S+]([O-])c2nc3cc(C)c(OCC4CC4)nc3[nH]2)c1C.[NaH]. The molecule has 4 rings (SSSR count). The zero-order chi connectivity index (χ0) is 19.0. The number of hydrogen-bond donors (Lipinski definition) is 1. The Bertz CT molecular complexity index is 977. The van der Waals surface area contributed by atoms with Crippen molar-refractivity contribution < 1.29 is 14.0 Å². The molecule has 1 aliphatic carbocycles. The van der Waals surface area contributed by atoms with E-state index in [1.807, 2.05) is 19.9 Å². The topological polar surface area (TPSA) is 96.0 Å². The second kappa shape index (κ2) is 9.00. The van der Waals surface area contributed by atoms with Crippen molar-refractivity contribution in [2.45, 2.75) is 37.6 Å². The van der Waals surface area contributed by atoms with Crippen LogP contribution in [0.25, 0.3) is 11.2 Å². The second-order valence-electron chi connectivity index (χ2n) is 6.85. The molecule has 28 heavy (non-hydrogen) atoms. The number of nitrogens with zero attached hydrogens (tertiary/aromatic N) is 3. The normalized spacial score (nSPS) is 14.6. The molecule has 0 spiro atoms. The Labute approximate surface area is 189 Å². The van der Waals surface area contributed by atoms with Crippen molar-refractivity contribution in [1.29, 1.82) is 0 Å². The Morgan fingerprint density at radius 3 is 2.79 bits per heavy atom. The molecule has 0 aromatic carbocycles. The molecule has 7 nitrogen and oxygen atoms in total. The van der Waals surface area contributed by atoms with Gasteiger partial charge in [0.05, 0.1) is 19.4 Å². The Morgan fingerprint density at radius 2 is 2.07 bits per heavy atom. The van der Waals surface area contributed by atoms with Crippen LogP contribution < -0.4 is 9.47 Å². The molecule has 3 aromatic rings. The average molecular weight is 410 g/mol. The summed E-state index contributed by atoms with van der Waals surface area (Å²) in [5, 5.41) is 0.389. The van der Waals surface area contributed by atoms with Gasteiger partial charge in [-0.1, -0.05) is 0 Å². The quantitative estimate of drug-likeness (QED) is 0.475. The van der Waals surface area contributed by atoms with E-state index in [0.717, 1.165) is 22.6 Å². The molecular formula is C19H23N4NaO3S. The van der Waals surface area contributed by atoms with E-state index < -0.39 is 11.2 Å². The van der Waals surface area contributed by atoms with Crippen LogP contribution in [0.15, 0.2) is 23.5 Å². The molecule has 144 valence electrons. The summed E-state index contributed by atoms with van der Waals surface area (Å²) in [6.07, 6.45) is 4.11. The predicted molar refractivity (Wildman–Crippen MR) is 110 cm³/mol. The fourth-order valence-corrected chi connectivity index (χ4v) is 3.94. The number of imidazole rings is 1. The second-order valence-corrected chi connectivity index (χ2v) is 8.22. The van der Waals surface area contributed by atoms with Crippen LogP contribution in [0.3, 0.4) is 0 Å². The van der Waals surface area contributed by atoms with Crippen LogP contribution in [-0.4, -0.2) is 67.8 Å². The third-order valence-electron chi connectivity index (χ3n) is 4.71. The van der Waals surface area contributed by atoms with Gasteiger partial charge in [0.2, 0.25) is 5.88 Å². The van der Waals surface area contributed by atoms with Crippen molar-refractivity contribution in [2.24, 2.45) is 5.92 Å². The number of pyridine rings is 2. The van der Waals surface area contributed by atoms with Crippen molar-refractivity contribution in [3.05, 3.63) is 35.2 Å². The fourth-order valence-electron chi connectivity index (χ4n) is 2.85. The third kappa shape index (κ3) is 4.63. The molecule has 1 unspecified atom stereocenters. The Morgan fingerprint density at radius 1 is 1.29 bits per heavy atom. The van der Waals surface area contributed by atoms with E-state index in [0.29, 0.717) is 34.7 Å². The molecule has 1 aliphatic rings.